The lowest BCUT2D eigenvalue weighted by molar-refractivity contribution is -0.157. The fourth-order valence-electron chi connectivity index (χ4n) is 12.6. The smallest absolute Gasteiger partial charge is 0.248 e. The van der Waals surface area contributed by atoms with Crippen LogP contribution in [0.5, 0.6) is 0 Å². The number of likely N-dealkylation sites (tertiary alicyclic amines) is 1. The normalized spacial score (nSPS) is 27.3. The minimum atomic E-state index is -1.65. The molecule has 0 bridgehead atoms. The number of carbonyl (C=O) groups excluding carboxylic acids is 11. The maximum atomic E-state index is 15.4. The number of hydrogen-bond donors (Lipinski definition) is 5. The number of amides is 11. The number of piperidine rings is 1. The molecule has 95 heavy (non-hydrogen) atoms. The summed E-state index contributed by atoms with van der Waals surface area (Å²) in [6.07, 6.45) is 6.10. The van der Waals surface area contributed by atoms with Gasteiger partial charge in [-0.1, -0.05) is 116 Å². The van der Waals surface area contributed by atoms with Crippen LogP contribution in [0.15, 0.2) is 12.2 Å². The monoisotopic (exact) mass is 1340 g/mol. The molecule has 2 saturated heterocycles. The van der Waals surface area contributed by atoms with Crippen LogP contribution in [0.4, 0.5) is 0 Å². The summed E-state index contributed by atoms with van der Waals surface area (Å²) in [5.41, 5.74) is 0. The van der Waals surface area contributed by atoms with Crippen molar-refractivity contribution in [1.29, 1.82) is 0 Å². The molecule has 0 radical (unpaired) electrons. The van der Waals surface area contributed by atoms with Crippen molar-refractivity contribution in [1.82, 2.24) is 60.5 Å². The highest BCUT2D eigenvalue weighted by molar-refractivity contribution is 6.00. The highest BCUT2D eigenvalue weighted by Crippen LogP contribution is 2.26. The second-order valence-electron chi connectivity index (χ2n) is 29.3. The first-order chi connectivity index (χ1) is 44.2. The van der Waals surface area contributed by atoms with Gasteiger partial charge in [0.1, 0.15) is 66.5 Å². The van der Waals surface area contributed by atoms with Crippen LogP contribution in [0.2, 0.25) is 0 Å². The molecule has 5 N–H and O–H groups in total. The van der Waals surface area contributed by atoms with E-state index in [4.69, 9.17) is 4.74 Å². The Morgan fingerprint density at radius 3 is 1.36 bits per heavy atom. The van der Waals surface area contributed by atoms with E-state index in [1.54, 1.807) is 47.6 Å². The van der Waals surface area contributed by atoms with E-state index in [1.807, 2.05) is 68.4 Å². The lowest BCUT2D eigenvalue weighted by Crippen LogP contribution is -2.64. The molecule has 25 heteroatoms. The van der Waals surface area contributed by atoms with E-state index in [-0.39, 0.29) is 69.0 Å². The second kappa shape index (κ2) is 39.9. The fraction of sp³-hybridized carbons (Fsp3) is 0.814. The van der Waals surface area contributed by atoms with Crippen LogP contribution in [-0.4, -0.2) is 264 Å². The van der Waals surface area contributed by atoms with Crippen molar-refractivity contribution in [3.63, 3.8) is 0 Å². The number of aliphatic hydroxyl groups excluding tert-OH is 1. The average molecular weight is 1340 g/mol. The van der Waals surface area contributed by atoms with Gasteiger partial charge in [0, 0.05) is 55.9 Å². The summed E-state index contributed by atoms with van der Waals surface area (Å²) in [7, 11) is 10.0. The van der Waals surface area contributed by atoms with Gasteiger partial charge in [0.05, 0.1) is 19.3 Å². The largest absolute Gasteiger partial charge is 0.390 e. The molecule has 13 atom stereocenters. The van der Waals surface area contributed by atoms with E-state index < -0.39 is 155 Å². The third kappa shape index (κ3) is 24.4. The van der Waals surface area contributed by atoms with Crippen molar-refractivity contribution < 1.29 is 62.6 Å². The van der Waals surface area contributed by atoms with E-state index in [0.29, 0.717) is 13.0 Å². The van der Waals surface area contributed by atoms with Crippen LogP contribution in [0.3, 0.4) is 0 Å². The van der Waals surface area contributed by atoms with Gasteiger partial charge in [0.2, 0.25) is 65.0 Å². The predicted octanol–water partition coefficient (Wildman–Crippen LogP) is 4.14. The Morgan fingerprint density at radius 2 is 0.884 bits per heavy atom. The van der Waals surface area contributed by atoms with E-state index >= 15 is 28.8 Å². The zero-order valence-corrected chi connectivity index (χ0v) is 62.4. The lowest BCUT2D eigenvalue weighted by atomic mass is 9.91. The number of allylic oxidation sites excluding steroid dienone is 2. The number of rotatable bonds is 20. The van der Waals surface area contributed by atoms with Gasteiger partial charge in [-0.15, -0.1) is 0 Å². The number of hydrogen-bond acceptors (Lipinski definition) is 14. The quantitative estimate of drug-likeness (QED) is 0.0846. The Hall–Kier alpha value is -6.21. The SMILES string of the molecule is C/C=C/C[C@@H](C)[C@@H](O)[C@H]1C(=O)N[C@@H](CC)C(=O)N(C)[C@H](COCCN2CCCCC2)C(=O)N(C)[C@@H](CC(C)C)C(=O)N[C@@H](C(C)C)C(=O)N(C)[C@@H](CC(C)C)C(=O)N[C@@H](C)C(=O)N[C@@H](C)C(=O)N(C)[C@@H](CC(C)C)C(=O)N(C)[C@@H](CC(C)C)C(=O)N(C)[C@@H](C(C)C)C(=O)N1C. The third-order valence-corrected chi connectivity index (χ3v) is 18.7. The summed E-state index contributed by atoms with van der Waals surface area (Å²) in [5.74, 6) is -10.0. The molecule has 0 aromatic rings. The zero-order chi connectivity index (χ0) is 72.8. The first-order valence-corrected chi connectivity index (χ1v) is 34.9. The van der Waals surface area contributed by atoms with Gasteiger partial charge in [-0.05, 0) is 127 Å². The Balaban J connectivity index is 3.09. The molecule has 2 aliphatic rings. The van der Waals surface area contributed by atoms with Gasteiger partial charge < -0.3 is 70.3 Å². The number of aliphatic hydroxyl groups is 1. The van der Waals surface area contributed by atoms with Crippen molar-refractivity contribution in [2.24, 2.45) is 41.4 Å². The van der Waals surface area contributed by atoms with Gasteiger partial charge in [-0.2, -0.15) is 0 Å². The number of nitrogens with zero attached hydrogens (tertiary/aromatic N) is 8. The van der Waals surface area contributed by atoms with Crippen molar-refractivity contribution >= 4 is 65.0 Å². The maximum Gasteiger partial charge on any atom is 0.248 e. The van der Waals surface area contributed by atoms with E-state index in [2.05, 4.69) is 26.2 Å². The number of carbonyl (C=O) groups is 11. The van der Waals surface area contributed by atoms with Crippen LogP contribution in [0.25, 0.3) is 0 Å². The molecule has 0 saturated carbocycles. The summed E-state index contributed by atoms with van der Waals surface area (Å²) in [6, 6.07) is -14.0. The molecular weight excluding hydrogens is 1220 g/mol. The molecular formula is C70H126N12O13. The molecule has 2 fully saturated rings. The van der Waals surface area contributed by atoms with Gasteiger partial charge in [0.25, 0.3) is 0 Å². The topological polar surface area (TPSA) is 291 Å². The number of likely N-dealkylation sites (N-methyl/N-ethyl adjacent to an activating group) is 7. The summed E-state index contributed by atoms with van der Waals surface area (Å²) in [4.78, 5) is 175. The number of nitrogens with one attached hydrogen (secondary N) is 4. The Labute approximate surface area is 569 Å². The molecule has 2 rings (SSSR count). The van der Waals surface area contributed by atoms with Crippen molar-refractivity contribution in [2.75, 3.05) is 82.2 Å². The Bertz CT molecular complexity index is 2570. The summed E-state index contributed by atoms with van der Waals surface area (Å²) in [6.45, 7) is 32.2. The van der Waals surface area contributed by atoms with E-state index in [0.717, 1.165) is 37.3 Å². The highest BCUT2D eigenvalue weighted by Gasteiger charge is 2.46. The average Bonchev–Trinajstić information content (AvgIpc) is 0.814. The highest BCUT2D eigenvalue weighted by atomic mass is 16.5. The van der Waals surface area contributed by atoms with E-state index in [9.17, 15) is 29.1 Å². The standard InChI is InChI=1S/C70H126N12O13/c1-25-27-31-47(15)59(83)58-63(87)73-50(26-2)65(89)79(22)55(40-95-35-34-82-32-29-28-30-33-82)68(92)75(18)52(37-42(5)6)62(86)74-56(45(11)12)69(93)76(19)51(36-41(3)4)61(85)71-48(16)60(84)72-49(17)64(88)77(20)53(38-43(7)8)66(90)78(21)54(39-44(9)10)67(91)80(23)57(46(13)14)70(94)81(58)24/h25,27,41-59,83H,26,28-40H2,1-24H3,(H,71,85)(H,72,84)(H,73,87)(H,74,86)/b27-25+/t47-,48+,49+,50+,51+,52+,53+,54+,55-,56+,57+,58+,59-/m1/s1. The molecule has 0 aliphatic carbocycles. The summed E-state index contributed by atoms with van der Waals surface area (Å²) < 4.78 is 6.27. The van der Waals surface area contributed by atoms with Gasteiger partial charge in [-0.25, -0.2) is 0 Å². The van der Waals surface area contributed by atoms with Crippen LogP contribution in [0.1, 0.15) is 175 Å². The minimum absolute atomic E-state index is 0.0163. The Kier molecular flexibility index (Phi) is 35.6. The van der Waals surface area contributed by atoms with Crippen molar-refractivity contribution in [3.05, 3.63) is 12.2 Å². The second-order valence-corrected chi connectivity index (χ2v) is 29.3. The first-order valence-electron chi connectivity index (χ1n) is 34.9. The predicted molar refractivity (Wildman–Crippen MR) is 368 cm³/mol. The molecule has 544 valence electrons. The van der Waals surface area contributed by atoms with Gasteiger partial charge in [-0.3, -0.25) is 52.7 Å². The fourth-order valence-corrected chi connectivity index (χ4v) is 12.6. The van der Waals surface area contributed by atoms with Crippen LogP contribution in [0, 0.1) is 41.4 Å². The molecule has 0 aromatic carbocycles. The van der Waals surface area contributed by atoms with Crippen LogP contribution >= 0.6 is 0 Å². The first kappa shape index (κ1) is 84.9. The molecule has 0 aromatic heterocycles. The summed E-state index contributed by atoms with van der Waals surface area (Å²) >= 11 is 0. The number of ether oxygens (including phenoxy) is 1. The van der Waals surface area contributed by atoms with E-state index in [1.165, 1.54) is 92.6 Å². The summed E-state index contributed by atoms with van der Waals surface area (Å²) in [5, 5.41) is 23.5. The van der Waals surface area contributed by atoms with Crippen molar-refractivity contribution in [2.45, 2.75) is 248 Å². The third-order valence-electron chi connectivity index (χ3n) is 18.7. The molecule has 2 heterocycles. The van der Waals surface area contributed by atoms with Gasteiger partial charge >= 0.3 is 0 Å². The maximum absolute atomic E-state index is 15.4. The lowest BCUT2D eigenvalue weighted by Gasteiger charge is -2.41. The van der Waals surface area contributed by atoms with Gasteiger partial charge in [0.15, 0.2) is 0 Å². The molecule has 11 amide bonds. The molecule has 25 nitrogen and oxygen atoms in total. The molecule has 0 spiro atoms. The zero-order valence-electron chi connectivity index (χ0n) is 62.4. The molecule has 2 aliphatic heterocycles. The molecule has 0 unspecified atom stereocenters. The Morgan fingerprint density at radius 1 is 0.463 bits per heavy atom. The van der Waals surface area contributed by atoms with Crippen molar-refractivity contribution in [3.8, 4) is 0 Å². The minimum Gasteiger partial charge on any atom is -0.390 e. The van der Waals surface area contributed by atoms with Crippen LogP contribution < -0.4 is 21.3 Å². The van der Waals surface area contributed by atoms with Crippen LogP contribution in [-0.2, 0) is 57.5 Å².